The lowest BCUT2D eigenvalue weighted by Crippen LogP contribution is -2.57. The first kappa shape index (κ1) is 24.5. The molecule has 0 saturated carbocycles. The van der Waals surface area contributed by atoms with Crippen molar-refractivity contribution in [1.82, 2.24) is 5.32 Å². The molecule has 2 amide bonds. The topological polar surface area (TPSA) is 87.7 Å². The standard InChI is InChI=1S/C26H20Cl2F2N2O4/c27-14-3-1-2-13(10-14)17-12-21(34)32-24(22-20(36-9-8-33)7-6-18(29)23(22)30)26(17)16-5-4-15(28)11-19(16)31-25(26)35/h1-7,10-11,17,24,33H,8-9,12H2,(H,31,35)(H,32,34)/t17-,24+,26-/m1/s1. The van der Waals surface area contributed by atoms with E-state index in [0.717, 1.165) is 6.07 Å². The number of nitrogens with one attached hydrogen (secondary N) is 2. The van der Waals surface area contributed by atoms with Crippen LogP contribution in [0.4, 0.5) is 14.5 Å². The molecule has 36 heavy (non-hydrogen) atoms. The number of aliphatic hydroxyl groups excluding tert-OH is 1. The number of carbonyl (C=O) groups excluding carboxylic acids is 2. The smallest absolute Gasteiger partial charge is 0.238 e. The van der Waals surface area contributed by atoms with E-state index in [1.165, 1.54) is 6.07 Å². The van der Waals surface area contributed by atoms with E-state index in [1.807, 2.05) is 0 Å². The van der Waals surface area contributed by atoms with Crippen molar-refractivity contribution in [2.75, 3.05) is 18.5 Å². The Kier molecular flexibility index (Phi) is 6.36. The van der Waals surface area contributed by atoms with Gasteiger partial charge >= 0.3 is 0 Å². The molecular formula is C26H20Cl2F2N2O4. The molecule has 2 heterocycles. The third-order valence-corrected chi connectivity index (χ3v) is 7.20. The summed E-state index contributed by atoms with van der Waals surface area (Å²) in [5, 5.41) is 15.6. The van der Waals surface area contributed by atoms with E-state index in [0.29, 0.717) is 26.9 Å². The minimum atomic E-state index is -1.61. The van der Waals surface area contributed by atoms with E-state index in [-0.39, 0.29) is 30.9 Å². The van der Waals surface area contributed by atoms with Crippen molar-refractivity contribution in [1.29, 1.82) is 0 Å². The first-order valence-electron chi connectivity index (χ1n) is 11.1. The van der Waals surface area contributed by atoms with E-state index in [1.54, 1.807) is 42.5 Å². The van der Waals surface area contributed by atoms with Crippen molar-refractivity contribution in [2.45, 2.75) is 23.8 Å². The van der Waals surface area contributed by atoms with Crippen LogP contribution < -0.4 is 15.4 Å². The number of piperidine rings is 1. The second-order valence-electron chi connectivity index (χ2n) is 8.67. The Bertz CT molecular complexity index is 1390. The number of carbonyl (C=O) groups is 2. The number of aliphatic hydroxyl groups is 1. The predicted octanol–water partition coefficient (Wildman–Crippen LogP) is 4.88. The number of hydrogen-bond acceptors (Lipinski definition) is 4. The van der Waals surface area contributed by atoms with Crippen LogP contribution in [0.25, 0.3) is 0 Å². The molecule has 0 bridgehead atoms. The summed E-state index contributed by atoms with van der Waals surface area (Å²) in [5.74, 6) is -4.34. The number of rotatable bonds is 5. The summed E-state index contributed by atoms with van der Waals surface area (Å²) < 4.78 is 35.7. The molecule has 10 heteroatoms. The normalized spacial score (nSPS) is 22.8. The van der Waals surface area contributed by atoms with E-state index in [9.17, 15) is 19.1 Å². The number of fused-ring (bicyclic) bond motifs is 2. The molecule has 0 radical (unpaired) electrons. The molecule has 3 N–H and O–H groups in total. The fraction of sp³-hybridized carbons (Fsp3) is 0.231. The number of amides is 2. The summed E-state index contributed by atoms with van der Waals surface area (Å²) in [7, 11) is 0. The molecule has 3 atom stereocenters. The number of hydrogen-bond donors (Lipinski definition) is 3. The summed E-state index contributed by atoms with van der Waals surface area (Å²) >= 11 is 12.4. The van der Waals surface area contributed by atoms with Gasteiger partial charge in [0.1, 0.15) is 17.8 Å². The van der Waals surface area contributed by atoms with Gasteiger partial charge in [-0.15, -0.1) is 0 Å². The summed E-state index contributed by atoms with van der Waals surface area (Å²) in [6.07, 6.45) is -0.115. The molecular weight excluding hydrogens is 513 g/mol. The average Bonchev–Trinajstić information content (AvgIpc) is 3.12. The van der Waals surface area contributed by atoms with Crippen LogP contribution in [-0.2, 0) is 15.0 Å². The van der Waals surface area contributed by atoms with Crippen molar-refractivity contribution < 1.29 is 28.2 Å². The Hall–Kier alpha value is -3.20. The lowest BCUT2D eigenvalue weighted by Gasteiger charge is -2.46. The lowest BCUT2D eigenvalue weighted by molar-refractivity contribution is -0.131. The molecule has 1 spiro atoms. The van der Waals surface area contributed by atoms with Crippen molar-refractivity contribution in [3.05, 3.63) is 93.0 Å². The molecule has 0 aliphatic carbocycles. The van der Waals surface area contributed by atoms with E-state index >= 15 is 4.39 Å². The Morgan fingerprint density at radius 3 is 2.58 bits per heavy atom. The van der Waals surface area contributed by atoms with Crippen LogP contribution in [0.15, 0.2) is 54.6 Å². The lowest BCUT2D eigenvalue weighted by atomic mass is 9.59. The van der Waals surface area contributed by atoms with Gasteiger partial charge in [-0.3, -0.25) is 9.59 Å². The summed E-state index contributed by atoms with van der Waals surface area (Å²) in [5.41, 5.74) is -0.500. The van der Waals surface area contributed by atoms with Crippen molar-refractivity contribution >= 4 is 40.7 Å². The van der Waals surface area contributed by atoms with E-state index < -0.39 is 40.8 Å². The highest BCUT2D eigenvalue weighted by molar-refractivity contribution is 6.31. The van der Waals surface area contributed by atoms with Crippen LogP contribution in [0, 0.1) is 11.6 Å². The van der Waals surface area contributed by atoms with Crippen LogP contribution in [0.2, 0.25) is 10.0 Å². The molecule has 3 aromatic carbocycles. The van der Waals surface area contributed by atoms with Gasteiger partial charge in [-0.1, -0.05) is 41.4 Å². The SMILES string of the molecule is O=C1C[C@H](c2cccc(Cl)c2)[C@@]2(C(=O)Nc3cc(Cl)ccc32)[C@H](c2c(OCCO)ccc(F)c2F)N1. The molecule has 2 aliphatic heterocycles. The zero-order valence-electron chi connectivity index (χ0n) is 18.7. The average molecular weight is 533 g/mol. The van der Waals surface area contributed by atoms with Gasteiger partial charge in [-0.05, 0) is 47.5 Å². The van der Waals surface area contributed by atoms with Gasteiger partial charge in [0, 0.05) is 28.1 Å². The Morgan fingerprint density at radius 1 is 1.06 bits per heavy atom. The van der Waals surface area contributed by atoms with E-state index in [2.05, 4.69) is 10.6 Å². The van der Waals surface area contributed by atoms with Gasteiger partial charge in [0.25, 0.3) is 0 Å². The second-order valence-corrected chi connectivity index (χ2v) is 9.54. The van der Waals surface area contributed by atoms with Crippen molar-refractivity contribution in [2.24, 2.45) is 0 Å². The van der Waals surface area contributed by atoms with Gasteiger partial charge in [0.15, 0.2) is 11.6 Å². The summed E-state index contributed by atoms with van der Waals surface area (Å²) in [6.45, 7) is -0.588. The van der Waals surface area contributed by atoms with Crippen LogP contribution in [0.5, 0.6) is 5.75 Å². The fourth-order valence-electron chi connectivity index (χ4n) is 5.35. The number of benzene rings is 3. The van der Waals surface area contributed by atoms with Gasteiger partial charge < -0.3 is 20.5 Å². The molecule has 1 fully saturated rings. The molecule has 0 aromatic heterocycles. The van der Waals surface area contributed by atoms with Gasteiger partial charge in [0.05, 0.1) is 18.2 Å². The quantitative estimate of drug-likeness (QED) is 0.437. The Morgan fingerprint density at radius 2 is 1.83 bits per heavy atom. The molecule has 6 nitrogen and oxygen atoms in total. The predicted molar refractivity (Wildman–Crippen MR) is 130 cm³/mol. The highest BCUT2D eigenvalue weighted by atomic mass is 35.5. The first-order chi connectivity index (χ1) is 17.3. The minimum absolute atomic E-state index is 0.102. The maximum atomic E-state index is 15.6. The van der Waals surface area contributed by atoms with Crippen molar-refractivity contribution in [3.63, 3.8) is 0 Å². The number of anilines is 1. The zero-order chi connectivity index (χ0) is 25.6. The molecule has 0 unspecified atom stereocenters. The van der Waals surface area contributed by atoms with Gasteiger partial charge in [0.2, 0.25) is 11.8 Å². The third kappa shape index (κ3) is 3.80. The summed E-state index contributed by atoms with van der Waals surface area (Å²) in [4.78, 5) is 27.0. The van der Waals surface area contributed by atoms with Crippen molar-refractivity contribution in [3.8, 4) is 5.75 Å². The Labute approximate surface area is 215 Å². The molecule has 3 aromatic rings. The van der Waals surface area contributed by atoms with Crippen LogP contribution in [0.3, 0.4) is 0 Å². The third-order valence-electron chi connectivity index (χ3n) is 6.73. The number of halogens is 4. The molecule has 186 valence electrons. The van der Waals surface area contributed by atoms with Gasteiger partial charge in [-0.25, -0.2) is 8.78 Å². The molecule has 1 saturated heterocycles. The second kappa shape index (κ2) is 9.35. The maximum Gasteiger partial charge on any atom is 0.238 e. The minimum Gasteiger partial charge on any atom is -0.491 e. The maximum absolute atomic E-state index is 15.6. The van der Waals surface area contributed by atoms with Gasteiger partial charge in [-0.2, -0.15) is 0 Å². The van der Waals surface area contributed by atoms with E-state index in [4.69, 9.17) is 27.9 Å². The molecule has 5 rings (SSSR count). The number of ether oxygens (including phenoxy) is 1. The summed E-state index contributed by atoms with van der Waals surface area (Å²) in [6, 6.07) is 12.3. The molecule has 2 aliphatic rings. The monoisotopic (exact) mass is 532 g/mol. The fourth-order valence-corrected chi connectivity index (χ4v) is 5.72. The largest absolute Gasteiger partial charge is 0.491 e. The van der Waals surface area contributed by atoms with Crippen LogP contribution in [-0.4, -0.2) is 30.1 Å². The Balaban J connectivity index is 1.83. The highest BCUT2D eigenvalue weighted by Gasteiger charge is 2.62. The first-order valence-corrected chi connectivity index (χ1v) is 11.9. The highest BCUT2D eigenvalue weighted by Crippen LogP contribution is 2.58. The zero-order valence-corrected chi connectivity index (χ0v) is 20.2. The van der Waals surface area contributed by atoms with Crippen LogP contribution in [0.1, 0.15) is 35.1 Å². The van der Waals surface area contributed by atoms with Crippen LogP contribution >= 0.6 is 23.2 Å².